The van der Waals surface area contributed by atoms with Crippen molar-refractivity contribution in [3.05, 3.63) is 64.2 Å². The zero-order valence-corrected chi connectivity index (χ0v) is 12.5. The Kier molecular flexibility index (Phi) is 5.05. The molecule has 0 atom stereocenters. The van der Waals surface area contributed by atoms with Gasteiger partial charge in [-0.05, 0) is 41.8 Å². The lowest BCUT2D eigenvalue weighted by Gasteiger charge is -2.11. The van der Waals surface area contributed by atoms with E-state index in [4.69, 9.17) is 27.9 Å². The van der Waals surface area contributed by atoms with Crippen LogP contribution in [-0.4, -0.2) is 5.24 Å². The topological polar surface area (TPSA) is 26.3 Å². The van der Waals surface area contributed by atoms with Gasteiger partial charge in [0.05, 0.1) is 5.02 Å². The molecule has 0 N–H and O–H groups in total. The first kappa shape index (κ1) is 14.9. The molecule has 0 unspecified atom stereocenters. The summed E-state index contributed by atoms with van der Waals surface area (Å²) in [6, 6.07) is 12.8. The minimum Gasteiger partial charge on any atom is -0.487 e. The highest BCUT2D eigenvalue weighted by molar-refractivity contribution is 6.67. The number of carbonyl (C=O) groups excluding carboxylic acids is 1. The molecule has 0 heterocycles. The quantitative estimate of drug-likeness (QED) is 0.737. The number of hydrogen-bond acceptors (Lipinski definition) is 2. The van der Waals surface area contributed by atoms with Gasteiger partial charge in [0.2, 0.25) is 0 Å². The summed E-state index contributed by atoms with van der Waals surface area (Å²) in [6.45, 7) is 2.31. The van der Waals surface area contributed by atoms with Crippen molar-refractivity contribution < 1.29 is 9.53 Å². The van der Waals surface area contributed by atoms with Crippen molar-refractivity contribution in [2.45, 2.75) is 20.0 Å². The fourth-order valence-corrected chi connectivity index (χ4v) is 2.32. The Labute approximate surface area is 128 Å². The molecule has 20 heavy (non-hydrogen) atoms. The molecule has 2 aromatic carbocycles. The molecule has 104 valence electrons. The molecule has 0 saturated heterocycles. The third kappa shape index (κ3) is 3.53. The summed E-state index contributed by atoms with van der Waals surface area (Å²) in [7, 11) is 0. The van der Waals surface area contributed by atoms with Crippen LogP contribution in [-0.2, 0) is 13.0 Å². The van der Waals surface area contributed by atoms with Crippen LogP contribution in [0.1, 0.15) is 28.4 Å². The van der Waals surface area contributed by atoms with Gasteiger partial charge in [-0.1, -0.05) is 42.8 Å². The number of carbonyl (C=O) groups is 1. The Bertz CT molecular complexity index is 624. The smallest absolute Gasteiger partial charge is 0.252 e. The van der Waals surface area contributed by atoms with Gasteiger partial charge >= 0.3 is 0 Å². The summed E-state index contributed by atoms with van der Waals surface area (Å²) in [5.74, 6) is 0.598. The molecule has 2 aromatic rings. The molecule has 0 spiro atoms. The number of halogens is 2. The van der Waals surface area contributed by atoms with E-state index in [0.717, 1.165) is 17.5 Å². The third-order valence-corrected chi connectivity index (χ3v) is 3.52. The van der Waals surface area contributed by atoms with E-state index in [0.29, 0.717) is 16.3 Å². The summed E-state index contributed by atoms with van der Waals surface area (Å²) in [5.41, 5.74) is 2.34. The predicted molar refractivity (Wildman–Crippen MR) is 81.8 cm³/mol. The lowest BCUT2D eigenvalue weighted by atomic mass is 10.1. The van der Waals surface area contributed by atoms with E-state index in [9.17, 15) is 4.79 Å². The molecule has 0 aliphatic carbocycles. The number of hydrogen-bond donors (Lipinski definition) is 0. The van der Waals surface area contributed by atoms with Crippen LogP contribution in [0.4, 0.5) is 0 Å². The summed E-state index contributed by atoms with van der Waals surface area (Å²) in [5, 5.41) is 0.0793. The Morgan fingerprint density at radius 1 is 1.20 bits per heavy atom. The maximum Gasteiger partial charge on any atom is 0.252 e. The van der Waals surface area contributed by atoms with Gasteiger partial charge in [-0.3, -0.25) is 4.79 Å². The standard InChI is InChI=1S/C16H14Cl2O2/c1-2-11-7-8-15(14(17)9-11)20-10-12-5-3-4-6-13(12)16(18)19/h3-9H,2,10H2,1H3. The van der Waals surface area contributed by atoms with Gasteiger partial charge < -0.3 is 4.74 Å². The van der Waals surface area contributed by atoms with E-state index in [2.05, 4.69) is 6.92 Å². The zero-order chi connectivity index (χ0) is 14.5. The van der Waals surface area contributed by atoms with E-state index in [1.807, 2.05) is 30.3 Å². The van der Waals surface area contributed by atoms with Crippen LogP contribution in [0.5, 0.6) is 5.75 Å². The summed E-state index contributed by atoms with van der Waals surface area (Å²) < 4.78 is 5.67. The average Bonchev–Trinajstić information content (AvgIpc) is 2.46. The molecule has 0 aliphatic rings. The highest BCUT2D eigenvalue weighted by atomic mass is 35.5. The lowest BCUT2D eigenvalue weighted by Crippen LogP contribution is -2.02. The molecule has 0 radical (unpaired) electrons. The molecule has 0 aromatic heterocycles. The Morgan fingerprint density at radius 3 is 2.60 bits per heavy atom. The van der Waals surface area contributed by atoms with Crippen LogP contribution in [0, 0.1) is 0 Å². The van der Waals surface area contributed by atoms with Crippen molar-refractivity contribution >= 4 is 28.4 Å². The predicted octanol–water partition coefficient (Wildman–Crippen LogP) is 4.86. The normalized spacial score (nSPS) is 10.3. The monoisotopic (exact) mass is 308 g/mol. The molecule has 0 amide bonds. The minimum absolute atomic E-state index is 0.250. The third-order valence-electron chi connectivity index (χ3n) is 3.02. The van der Waals surface area contributed by atoms with Crippen molar-refractivity contribution in [3.63, 3.8) is 0 Å². The fourth-order valence-electron chi connectivity index (χ4n) is 1.87. The van der Waals surface area contributed by atoms with Crippen molar-refractivity contribution in [1.29, 1.82) is 0 Å². The van der Waals surface area contributed by atoms with Gasteiger partial charge in [0, 0.05) is 11.1 Å². The van der Waals surface area contributed by atoms with E-state index in [1.165, 1.54) is 0 Å². The Balaban J connectivity index is 2.15. The molecular formula is C16H14Cl2O2. The van der Waals surface area contributed by atoms with Crippen LogP contribution in [0.3, 0.4) is 0 Å². The van der Waals surface area contributed by atoms with E-state index < -0.39 is 5.24 Å². The summed E-state index contributed by atoms with van der Waals surface area (Å²) in [6.07, 6.45) is 0.920. The van der Waals surface area contributed by atoms with Gasteiger partial charge in [-0.2, -0.15) is 0 Å². The molecule has 0 bridgehead atoms. The van der Waals surface area contributed by atoms with Crippen molar-refractivity contribution in [2.75, 3.05) is 0 Å². The Hall–Kier alpha value is -1.51. The second-order valence-electron chi connectivity index (χ2n) is 4.34. The van der Waals surface area contributed by atoms with E-state index in [-0.39, 0.29) is 6.61 Å². The van der Waals surface area contributed by atoms with Crippen LogP contribution < -0.4 is 4.74 Å². The van der Waals surface area contributed by atoms with Gasteiger partial charge in [0.15, 0.2) is 0 Å². The van der Waals surface area contributed by atoms with Gasteiger partial charge in [0.1, 0.15) is 12.4 Å². The number of benzene rings is 2. The molecule has 0 aliphatic heterocycles. The van der Waals surface area contributed by atoms with Crippen molar-refractivity contribution in [1.82, 2.24) is 0 Å². The molecule has 4 heteroatoms. The number of rotatable bonds is 5. The average molecular weight is 309 g/mol. The first-order valence-electron chi connectivity index (χ1n) is 6.30. The molecular weight excluding hydrogens is 295 g/mol. The van der Waals surface area contributed by atoms with Crippen molar-refractivity contribution in [3.8, 4) is 5.75 Å². The molecule has 2 rings (SSSR count). The number of aryl methyl sites for hydroxylation is 1. The van der Waals surface area contributed by atoms with Crippen molar-refractivity contribution in [2.24, 2.45) is 0 Å². The van der Waals surface area contributed by atoms with Crippen LogP contribution in [0.25, 0.3) is 0 Å². The van der Waals surface area contributed by atoms with E-state index in [1.54, 1.807) is 12.1 Å². The molecule has 0 saturated carbocycles. The van der Waals surface area contributed by atoms with Crippen LogP contribution in [0.2, 0.25) is 5.02 Å². The fraction of sp³-hybridized carbons (Fsp3) is 0.188. The maximum atomic E-state index is 11.3. The SMILES string of the molecule is CCc1ccc(OCc2ccccc2C(=O)Cl)c(Cl)c1. The number of ether oxygens (including phenoxy) is 1. The minimum atomic E-state index is -0.489. The van der Waals surface area contributed by atoms with Crippen LogP contribution in [0.15, 0.2) is 42.5 Å². The lowest BCUT2D eigenvalue weighted by molar-refractivity contribution is 0.107. The second kappa shape index (κ2) is 6.78. The Morgan fingerprint density at radius 2 is 1.95 bits per heavy atom. The second-order valence-corrected chi connectivity index (χ2v) is 5.09. The first-order chi connectivity index (χ1) is 9.61. The largest absolute Gasteiger partial charge is 0.487 e. The highest BCUT2D eigenvalue weighted by Crippen LogP contribution is 2.27. The zero-order valence-electron chi connectivity index (χ0n) is 11.0. The van der Waals surface area contributed by atoms with Crippen LogP contribution >= 0.6 is 23.2 Å². The first-order valence-corrected chi connectivity index (χ1v) is 7.06. The van der Waals surface area contributed by atoms with E-state index >= 15 is 0 Å². The molecule has 0 fully saturated rings. The summed E-state index contributed by atoms with van der Waals surface area (Å²) >= 11 is 11.7. The van der Waals surface area contributed by atoms with Gasteiger partial charge in [-0.15, -0.1) is 0 Å². The maximum absolute atomic E-state index is 11.3. The van der Waals surface area contributed by atoms with Gasteiger partial charge in [-0.25, -0.2) is 0 Å². The van der Waals surface area contributed by atoms with Gasteiger partial charge in [0.25, 0.3) is 5.24 Å². The highest BCUT2D eigenvalue weighted by Gasteiger charge is 2.09. The summed E-state index contributed by atoms with van der Waals surface area (Å²) in [4.78, 5) is 11.3. The molecule has 2 nitrogen and oxygen atoms in total.